The maximum Gasteiger partial charge on any atom is 0.401 e. The van der Waals surface area contributed by atoms with Gasteiger partial charge in [-0.3, -0.25) is 9.89 Å². The van der Waals surface area contributed by atoms with Crippen LogP contribution in [0.15, 0.2) is 29.3 Å². The lowest BCUT2D eigenvalue weighted by molar-refractivity contribution is -0.143. The van der Waals surface area contributed by atoms with Crippen LogP contribution in [0.4, 0.5) is 13.2 Å². The number of aryl methyl sites for hydroxylation is 1. The summed E-state index contributed by atoms with van der Waals surface area (Å²) in [5.74, 6) is 0.707. The van der Waals surface area contributed by atoms with E-state index in [1.54, 1.807) is 7.05 Å². The van der Waals surface area contributed by atoms with Crippen molar-refractivity contribution in [3.05, 3.63) is 35.4 Å². The van der Waals surface area contributed by atoms with Gasteiger partial charge in [0.1, 0.15) is 0 Å². The molecule has 1 atom stereocenters. The van der Waals surface area contributed by atoms with Crippen molar-refractivity contribution < 1.29 is 13.2 Å². The molecule has 1 fully saturated rings. The van der Waals surface area contributed by atoms with Gasteiger partial charge in [-0.2, -0.15) is 13.2 Å². The first-order chi connectivity index (χ1) is 11.8. The minimum absolute atomic E-state index is 0. The van der Waals surface area contributed by atoms with Gasteiger partial charge in [0.15, 0.2) is 5.96 Å². The van der Waals surface area contributed by atoms with Crippen LogP contribution >= 0.6 is 24.0 Å². The minimum atomic E-state index is -4.14. The van der Waals surface area contributed by atoms with Crippen molar-refractivity contribution in [3.8, 4) is 0 Å². The van der Waals surface area contributed by atoms with E-state index in [1.165, 1.54) is 16.0 Å². The third-order valence-electron chi connectivity index (χ3n) is 4.43. The molecule has 0 spiro atoms. The first-order valence-corrected chi connectivity index (χ1v) is 8.62. The first kappa shape index (κ1) is 23.0. The minimum Gasteiger partial charge on any atom is -0.352 e. The van der Waals surface area contributed by atoms with E-state index in [9.17, 15) is 13.2 Å². The monoisotopic (exact) mass is 484 g/mol. The highest BCUT2D eigenvalue weighted by molar-refractivity contribution is 14.0. The highest BCUT2D eigenvalue weighted by Gasteiger charge is 2.34. The van der Waals surface area contributed by atoms with Crippen molar-refractivity contribution in [2.45, 2.75) is 38.5 Å². The molecule has 1 aromatic rings. The molecule has 1 saturated heterocycles. The molecule has 8 heteroatoms. The topological polar surface area (TPSA) is 30.9 Å². The van der Waals surface area contributed by atoms with E-state index < -0.39 is 12.7 Å². The Kier molecular flexibility index (Phi) is 9.15. The number of guanidine groups is 1. The van der Waals surface area contributed by atoms with Crippen molar-refractivity contribution in [2.75, 3.05) is 33.7 Å². The Balaban J connectivity index is 0.00000338. The molecule has 0 saturated carbocycles. The second kappa shape index (κ2) is 10.3. The SMILES string of the molecule is CCc1ccc(CN(C)C(=NC)NC2CCN(CC(F)(F)F)C2)cc1.I. The van der Waals surface area contributed by atoms with Gasteiger partial charge in [-0.1, -0.05) is 31.2 Å². The molecule has 1 unspecified atom stereocenters. The van der Waals surface area contributed by atoms with Crippen molar-refractivity contribution in [1.29, 1.82) is 0 Å². The number of nitrogens with zero attached hydrogens (tertiary/aromatic N) is 3. The lowest BCUT2D eigenvalue weighted by Gasteiger charge is -2.25. The molecular formula is C18H28F3IN4. The van der Waals surface area contributed by atoms with Crippen LogP contribution in [0.25, 0.3) is 0 Å². The largest absolute Gasteiger partial charge is 0.401 e. The second-order valence-corrected chi connectivity index (χ2v) is 6.55. The summed E-state index contributed by atoms with van der Waals surface area (Å²) in [7, 11) is 3.63. The van der Waals surface area contributed by atoms with Crippen LogP contribution in [0.5, 0.6) is 0 Å². The fourth-order valence-corrected chi connectivity index (χ4v) is 3.10. The molecule has 148 valence electrons. The molecule has 1 aromatic carbocycles. The normalized spacial score (nSPS) is 18.5. The average molecular weight is 484 g/mol. The summed E-state index contributed by atoms with van der Waals surface area (Å²) < 4.78 is 37.5. The Labute approximate surface area is 170 Å². The summed E-state index contributed by atoms with van der Waals surface area (Å²) in [6, 6.07) is 8.43. The second-order valence-electron chi connectivity index (χ2n) is 6.55. The number of rotatable bonds is 5. The summed E-state index contributed by atoms with van der Waals surface area (Å²) >= 11 is 0. The van der Waals surface area contributed by atoms with Crippen LogP contribution in [0, 0.1) is 0 Å². The van der Waals surface area contributed by atoms with Crippen LogP contribution in [-0.2, 0) is 13.0 Å². The van der Waals surface area contributed by atoms with Crippen LogP contribution in [0.3, 0.4) is 0 Å². The summed E-state index contributed by atoms with van der Waals surface area (Å²) in [6.45, 7) is 2.82. The Hall–Kier alpha value is -1.03. The molecule has 0 radical (unpaired) electrons. The van der Waals surface area contributed by atoms with E-state index in [0.717, 1.165) is 6.42 Å². The molecule has 2 rings (SSSR count). The molecule has 1 N–H and O–H groups in total. The van der Waals surface area contributed by atoms with E-state index in [4.69, 9.17) is 0 Å². The van der Waals surface area contributed by atoms with E-state index >= 15 is 0 Å². The lowest BCUT2D eigenvalue weighted by Crippen LogP contribution is -2.45. The van der Waals surface area contributed by atoms with Crippen molar-refractivity contribution in [1.82, 2.24) is 15.1 Å². The average Bonchev–Trinajstić information content (AvgIpc) is 2.98. The highest BCUT2D eigenvalue weighted by atomic mass is 127. The summed E-state index contributed by atoms with van der Waals surface area (Å²) in [4.78, 5) is 7.70. The number of hydrogen-bond donors (Lipinski definition) is 1. The maximum absolute atomic E-state index is 12.5. The molecule has 0 bridgehead atoms. The van der Waals surface area contributed by atoms with Crippen LogP contribution in [0.1, 0.15) is 24.5 Å². The zero-order valence-corrected chi connectivity index (χ0v) is 17.8. The molecule has 1 aliphatic rings. The van der Waals surface area contributed by atoms with E-state index in [2.05, 4.69) is 41.5 Å². The van der Waals surface area contributed by atoms with Crippen molar-refractivity contribution in [3.63, 3.8) is 0 Å². The summed E-state index contributed by atoms with van der Waals surface area (Å²) in [5.41, 5.74) is 2.47. The van der Waals surface area contributed by atoms with Gasteiger partial charge < -0.3 is 10.2 Å². The van der Waals surface area contributed by atoms with Gasteiger partial charge in [-0.05, 0) is 24.0 Å². The fourth-order valence-electron chi connectivity index (χ4n) is 3.10. The molecule has 26 heavy (non-hydrogen) atoms. The predicted molar refractivity (Wildman–Crippen MR) is 110 cm³/mol. The molecule has 4 nitrogen and oxygen atoms in total. The van der Waals surface area contributed by atoms with Crippen LogP contribution < -0.4 is 5.32 Å². The number of halogens is 4. The van der Waals surface area contributed by atoms with Crippen LogP contribution in [-0.4, -0.2) is 61.7 Å². The van der Waals surface area contributed by atoms with Gasteiger partial charge in [0.25, 0.3) is 0 Å². The highest BCUT2D eigenvalue weighted by Crippen LogP contribution is 2.20. The number of alkyl halides is 3. The quantitative estimate of drug-likeness (QED) is 0.395. The van der Waals surface area contributed by atoms with Crippen molar-refractivity contribution in [2.24, 2.45) is 4.99 Å². The molecule has 1 heterocycles. The molecule has 0 amide bonds. The zero-order valence-electron chi connectivity index (χ0n) is 15.5. The lowest BCUT2D eigenvalue weighted by atomic mass is 10.1. The number of aliphatic imine (C=N–C) groups is 1. The van der Waals surface area contributed by atoms with E-state index in [-0.39, 0.29) is 30.0 Å². The standard InChI is InChI=1S/C18H27F3N4.HI/c1-4-14-5-7-15(8-6-14)11-24(3)17(22-2)23-16-9-10-25(12-16)13-18(19,20)21;/h5-8,16H,4,9-13H2,1-3H3,(H,22,23);1H. The zero-order chi connectivity index (χ0) is 18.4. The smallest absolute Gasteiger partial charge is 0.352 e. The van der Waals surface area contributed by atoms with Gasteiger partial charge >= 0.3 is 6.18 Å². The van der Waals surface area contributed by atoms with Crippen molar-refractivity contribution >= 4 is 29.9 Å². The molecule has 0 aromatic heterocycles. The van der Waals surface area contributed by atoms with Gasteiger partial charge in [-0.25, -0.2) is 0 Å². The fraction of sp³-hybridized carbons (Fsp3) is 0.611. The number of benzene rings is 1. The molecule has 0 aliphatic carbocycles. The molecular weight excluding hydrogens is 456 g/mol. The predicted octanol–water partition coefficient (Wildman–Crippen LogP) is 3.51. The van der Waals surface area contributed by atoms with Gasteiger partial charge in [-0.15, -0.1) is 24.0 Å². The van der Waals surface area contributed by atoms with Gasteiger partial charge in [0, 0.05) is 39.8 Å². The third-order valence-corrected chi connectivity index (χ3v) is 4.43. The van der Waals surface area contributed by atoms with E-state index in [1.807, 2.05) is 11.9 Å². The molecule has 1 aliphatic heterocycles. The first-order valence-electron chi connectivity index (χ1n) is 8.62. The third kappa shape index (κ3) is 7.30. The summed E-state index contributed by atoms with van der Waals surface area (Å²) in [6.07, 6.45) is -2.44. The van der Waals surface area contributed by atoms with Gasteiger partial charge in [0.2, 0.25) is 0 Å². The number of hydrogen-bond acceptors (Lipinski definition) is 2. The van der Waals surface area contributed by atoms with Gasteiger partial charge in [0.05, 0.1) is 6.54 Å². The number of likely N-dealkylation sites (tertiary alicyclic amines) is 1. The summed E-state index contributed by atoms with van der Waals surface area (Å²) in [5, 5.41) is 3.29. The van der Waals surface area contributed by atoms with E-state index in [0.29, 0.717) is 32.0 Å². The Morgan fingerprint density at radius 1 is 1.27 bits per heavy atom. The Morgan fingerprint density at radius 3 is 2.42 bits per heavy atom. The Morgan fingerprint density at radius 2 is 1.88 bits per heavy atom. The van der Waals surface area contributed by atoms with Crippen LogP contribution in [0.2, 0.25) is 0 Å². The number of nitrogens with one attached hydrogen (secondary N) is 1. The maximum atomic E-state index is 12.5. The Bertz CT molecular complexity index is 575.